The van der Waals surface area contributed by atoms with E-state index in [-0.39, 0.29) is 34.7 Å². The van der Waals surface area contributed by atoms with Crippen LogP contribution in [-0.4, -0.2) is 19.6 Å². The number of benzene rings is 2. The predicted octanol–water partition coefficient (Wildman–Crippen LogP) is 2.73. The van der Waals surface area contributed by atoms with E-state index in [4.69, 9.17) is 19.6 Å². The van der Waals surface area contributed by atoms with Crippen LogP contribution >= 0.6 is 15.2 Å². The maximum absolute atomic E-state index is 10.5. The van der Waals surface area contributed by atoms with E-state index < -0.39 is 15.2 Å². The van der Waals surface area contributed by atoms with Gasteiger partial charge in [0, 0.05) is 22.4 Å². The Labute approximate surface area is 150 Å². The van der Waals surface area contributed by atoms with Gasteiger partial charge in [-0.1, -0.05) is 60.7 Å². The molecule has 0 aliphatic rings. The molecule has 0 saturated heterocycles. The second-order valence-electron chi connectivity index (χ2n) is 4.62. The van der Waals surface area contributed by atoms with Crippen molar-refractivity contribution in [1.29, 1.82) is 0 Å². The van der Waals surface area contributed by atoms with Crippen LogP contribution in [0, 0.1) is 0 Å². The molecule has 2 rings (SSSR count). The van der Waals surface area contributed by atoms with E-state index in [9.17, 15) is 9.13 Å². The number of hydrogen-bond acceptors (Lipinski definition) is 2. The summed E-state index contributed by atoms with van der Waals surface area (Å²) in [5, 5.41) is 0. The summed E-state index contributed by atoms with van der Waals surface area (Å²) in [7, 11) is -7.78. The van der Waals surface area contributed by atoms with Crippen molar-refractivity contribution in [2.75, 3.05) is 0 Å². The molecule has 131 valence electrons. The van der Waals surface area contributed by atoms with Crippen LogP contribution in [0.5, 0.6) is 0 Å². The molecule has 9 heteroatoms. The van der Waals surface area contributed by atoms with E-state index in [0.29, 0.717) is 11.1 Å². The molecule has 0 fully saturated rings. The average Bonchev–Trinajstić information content (AvgIpc) is 2.38. The quantitative estimate of drug-likeness (QED) is 0.419. The van der Waals surface area contributed by atoms with Crippen molar-refractivity contribution in [2.24, 2.45) is 0 Å². The molecule has 0 aromatic heterocycles. The molecule has 2 aromatic carbocycles. The first-order valence-electron chi connectivity index (χ1n) is 6.33. The molecule has 23 heavy (non-hydrogen) atoms. The summed E-state index contributed by atoms with van der Waals surface area (Å²) in [6.07, 6.45) is -0.346. The summed E-state index contributed by atoms with van der Waals surface area (Å²) < 4.78 is 21.0. The Morgan fingerprint density at radius 1 is 0.609 bits per heavy atom. The molecule has 6 nitrogen and oxygen atoms in total. The van der Waals surface area contributed by atoms with Crippen LogP contribution in [0.2, 0.25) is 0 Å². The molecule has 0 heterocycles. The van der Waals surface area contributed by atoms with Gasteiger partial charge in [0.1, 0.15) is 0 Å². The summed E-state index contributed by atoms with van der Waals surface area (Å²) in [5.41, 5.74) is 1.33. The van der Waals surface area contributed by atoms with Crippen LogP contribution in [-0.2, 0) is 43.8 Å². The Bertz CT molecular complexity index is 594. The molecule has 0 atom stereocenters. The van der Waals surface area contributed by atoms with Gasteiger partial charge in [-0.25, -0.2) is 0 Å². The second-order valence-corrected chi connectivity index (χ2v) is 7.91. The fourth-order valence-electron chi connectivity index (χ4n) is 1.64. The maximum Gasteiger partial charge on any atom is 0.329 e. The van der Waals surface area contributed by atoms with E-state index in [1.54, 1.807) is 48.5 Å². The van der Waals surface area contributed by atoms with Crippen molar-refractivity contribution >= 4 is 15.2 Å². The van der Waals surface area contributed by atoms with Gasteiger partial charge in [0.05, 0.1) is 12.3 Å². The third kappa shape index (κ3) is 12.6. The van der Waals surface area contributed by atoms with E-state index in [0.717, 1.165) is 0 Å². The molecule has 2 aromatic rings. The molecule has 0 spiro atoms. The minimum atomic E-state index is -3.89. The molecule has 0 bridgehead atoms. The Morgan fingerprint density at radius 3 is 1.09 bits per heavy atom. The third-order valence-electron chi connectivity index (χ3n) is 2.46. The van der Waals surface area contributed by atoms with Crippen LogP contribution < -0.4 is 0 Å². The zero-order valence-electron chi connectivity index (χ0n) is 12.0. The first kappa shape index (κ1) is 22.5. The summed E-state index contributed by atoms with van der Waals surface area (Å²) in [4.78, 5) is 34.3. The molecule has 0 unspecified atom stereocenters. The van der Waals surface area contributed by atoms with E-state index in [2.05, 4.69) is 0 Å². The fraction of sp³-hybridized carbons (Fsp3) is 0.143. The fourth-order valence-corrected chi connectivity index (χ4v) is 3.02. The van der Waals surface area contributed by atoms with Gasteiger partial charge in [-0.15, -0.1) is 0 Å². The van der Waals surface area contributed by atoms with Gasteiger partial charge in [-0.05, 0) is 11.1 Å². The molecule has 0 amide bonds. The minimum Gasteiger partial charge on any atom is -0.324 e. The van der Waals surface area contributed by atoms with Crippen molar-refractivity contribution in [3.05, 3.63) is 71.8 Å². The summed E-state index contributed by atoms with van der Waals surface area (Å²) in [5.74, 6) is 0. The summed E-state index contributed by atoms with van der Waals surface area (Å²) in [6.45, 7) is 0. The van der Waals surface area contributed by atoms with Gasteiger partial charge < -0.3 is 19.6 Å². The monoisotopic (exact) mass is 451 g/mol. The normalized spacial score (nSPS) is 11.0. The standard InChI is InChI=1S/2C7H9O3P.Ag/c2*8-11(9,10)6-7-4-2-1-3-5-7;/h2*1-5H,6H2,(H2,8,9,10);. The van der Waals surface area contributed by atoms with Crippen LogP contribution in [0.1, 0.15) is 11.1 Å². The molecule has 4 N–H and O–H groups in total. The summed E-state index contributed by atoms with van der Waals surface area (Å²) >= 11 is 0. The average molecular weight is 452 g/mol. The van der Waals surface area contributed by atoms with Gasteiger partial charge in [0.25, 0.3) is 0 Å². The van der Waals surface area contributed by atoms with E-state index in [1.165, 1.54) is 0 Å². The Morgan fingerprint density at radius 2 is 0.870 bits per heavy atom. The zero-order valence-corrected chi connectivity index (χ0v) is 15.3. The van der Waals surface area contributed by atoms with Gasteiger partial charge in [0.2, 0.25) is 0 Å². The van der Waals surface area contributed by atoms with Crippen LogP contribution in [0.15, 0.2) is 60.7 Å². The Hall–Kier alpha value is -0.520. The smallest absolute Gasteiger partial charge is 0.324 e. The first-order chi connectivity index (χ1) is 10.2. The largest absolute Gasteiger partial charge is 0.329 e. The molecule has 0 aliphatic heterocycles. The molecular weight excluding hydrogens is 434 g/mol. The topological polar surface area (TPSA) is 115 Å². The minimum absolute atomic E-state index is 0. The third-order valence-corrected chi connectivity index (χ3v) is 4.02. The summed E-state index contributed by atoms with van der Waals surface area (Å²) in [6, 6.07) is 17.4. The van der Waals surface area contributed by atoms with Crippen molar-refractivity contribution in [1.82, 2.24) is 0 Å². The maximum atomic E-state index is 10.5. The number of rotatable bonds is 4. The van der Waals surface area contributed by atoms with Crippen LogP contribution in [0.3, 0.4) is 0 Å². The van der Waals surface area contributed by atoms with Gasteiger partial charge in [-0.3, -0.25) is 9.13 Å². The number of hydrogen-bond donors (Lipinski definition) is 4. The van der Waals surface area contributed by atoms with Crippen molar-refractivity contribution in [3.8, 4) is 0 Å². The van der Waals surface area contributed by atoms with Crippen LogP contribution in [0.25, 0.3) is 0 Å². The first-order valence-corrected chi connectivity index (χ1v) is 9.92. The zero-order chi connectivity index (χ0) is 16.6. The van der Waals surface area contributed by atoms with Gasteiger partial charge in [0.15, 0.2) is 0 Å². The van der Waals surface area contributed by atoms with Crippen molar-refractivity contribution < 1.29 is 51.1 Å². The van der Waals surface area contributed by atoms with Crippen molar-refractivity contribution in [2.45, 2.75) is 12.3 Å². The predicted molar refractivity (Wildman–Crippen MR) is 84.4 cm³/mol. The molecule has 0 saturated carbocycles. The van der Waals surface area contributed by atoms with Gasteiger partial charge >= 0.3 is 15.2 Å². The second kappa shape index (κ2) is 10.4. The van der Waals surface area contributed by atoms with Crippen LogP contribution in [0.4, 0.5) is 0 Å². The SMILES string of the molecule is O=P(O)(O)Cc1ccccc1.O=P(O)(O)Cc1ccccc1.[Ag]. The van der Waals surface area contributed by atoms with Crippen molar-refractivity contribution in [3.63, 3.8) is 0 Å². The molecular formula is C14H18AgO6P2. The Balaban J connectivity index is 0.000000403. The molecule has 1 radical (unpaired) electrons. The van der Waals surface area contributed by atoms with E-state index in [1.807, 2.05) is 12.1 Å². The van der Waals surface area contributed by atoms with Gasteiger partial charge in [-0.2, -0.15) is 0 Å². The molecule has 0 aliphatic carbocycles. The van der Waals surface area contributed by atoms with E-state index >= 15 is 0 Å². The Kier molecular flexibility index (Phi) is 10.1.